The molecule has 2 aromatic heterocycles. The van der Waals surface area contributed by atoms with E-state index in [9.17, 15) is 4.79 Å². The molecular formula is C13H14N4O. The zero-order chi connectivity index (χ0) is 13.1. The van der Waals surface area contributed by atoms with Crippen molar-refractivity contribution in [1.82, 2.24) is 15.0 Å². The first-order chi connectivity index (χ1) is 8.58. The van der Waals surface area contributed by atoms with Crippen LogP contribution in [0.15, 0.2) is 24.7 Å². The fraction of sp³-hybridized carbons (Fsp3) is 0.231. The van der Waals surface area contributed by atoms with Crippen molar-refractivity contribution < 1.29 is 4.79 Å². The Hall–Kier alpha value is -2.30. The fourth-order valence-electron chi connectivity index (χ4n) is 1.48. The monoisotopic (exact) mass is 242 g/mol. The maximum absolute atomic E-state index is 12.0. The lowest BCUT2D eigenvalue weighted by Crippen LogP contribution is -2.17. The summed E-state index contributed by atoms with van der Waals surface area (Å²) in [6.45, 7) is 5.61. The van der Waals surface area contributed by atoms with Gasteiger partial charge in [-0.25, -0.2) is 15.0 Å². The molecule has 0 atom stereocenters. The maximum Gasteiger partial charge on any atom is 0.275 e. The number of anilines is 1. The molecule has 18 heavy (non-hydrogen) atoms. The molecule has 0 saturated carbocycles. The Bertz CT molecular complexity index is 578. The van der Waals surface area contributed by atoms with Gasteiger partial charge in [0.15, 0.2) is 0 Å². The van der Waals surface area contributed by atoms with Gasteiger partial charge in [-0.15, -0.1) is 0 Å². The molecule has 2 aromatic rings. The average Bonchev–Trinajstić information content (AvgIpc) is 2.35. The summed E-state index contributed by atoms with van der Waals surface area (Å²) in [4.78, 5) is 24.2. The Kier molecular flexibility index (Phi) is 3.32. The van der Waals surface area contributed by atoms with Crippen molar-refractivity contribution in [2.24, 2.45) is 0 Å². The number of nitrogens with zero attached hydrogens (tertiary/aromatic N) is 3. The summed E-state index contributed by atoms with van der Waals surface area (Å²) in [7, 11) is 0. The topological polar surface area (TPSA) is 67.8 Å². The van der Waals surface area contributed by atoms with Gasteiger partial charge in [-0.3, -0.25) is 4.79 Å². The lowest BCUT2D eigenvalue weighted by molar-refractivity contribution is 0.102. The number of carbonyl (C=O) groups is 1. The van der Waals surface area contributed by atoms with E-state index >= 15 is 0 Å². The highest BCUT2D eigenvalue weighted by Gasteiger charge is 2.13. The molecule has 2 heterocycles. The minimum Gasteiger partial charge on any atom is -0.305 e. The predicted octanol–water partition coefficient (Wildman–Crippen LogP) is 2.05. The second-order valence-electron chi connectivity index (χ2n) is 4.11. The van der Waals surface area contributed by atoms with Crippen LogP contribution in [0.3, 0.4) is 0 Å². The van der Waals surface area contributed by atoms with Crippen molar-refractivity contribution in [3.05, 3.63) is 47.2 Å². The minimum absolute atomic E-state index is 0.269. The van der Waals surface area contributed by atoms with Gasteiger partial charge in [0, 0.05) is 17.5 Å². The van der Waals surface area contributed by atoms with Crippen LogP contribution in [-0.4, -0.2) is 20.9 Å². The Balaban J connectivity index is 2.22. The van der Waals surface area contributed by atoms with Gasteiger partial charge in [0.1, 0.15) is 17.8 Å². The van der Waals surface area contributed by atoms with Gasteiger partial charge in [0.2, 0.25) is 0 Å². The van der Waals surface area contributed by atoms with E-state index in [0.717, 1.165) is 16.8 Å². The van der Waals surface area contributed by atoms with Gasteiger partial charge < -0.3 is 5.32 Å². The van der Waals surface area contributed by atoms with Crippen molar-refractivity contribution in [3.63, 3.8) is 0 Å². The molecule has 2 rings (SSSR count). The molecule has 0 aromatic carbocycles. The van der Waals surface area contributed by atoms with E-state index in [-0.39, 0.29) is 5.91 Å². The summed E-state index contributed by atoms with van der Waals surface area (Å²) < 4.78 is 0. The van der Waals surface area contributed by atoms with Crippen molar-refractivity contribution in [1.29, 1.82) is 0 Å². The molecule has 0 unspecified atom stereocenters. The quantitative estimate of drug-likeness (QED) is 0.875. The molecule has 0 radical (unpaired) electrons. The molecule has 0 saturated heterocycles. The van der Waals surface area contributed by atoms with Gasteiger partial charge >= 0.3 is 0 Å². The standard InChI is InChI=1S/C13H14N4O/c1-8-4-5-11(14-6-8)17-13(18)12-9(2)10(3)15-7-16-12/h4-7H,1-3H3,(H,14,17,18). The number of pyridine rings is 1. The summed E-state index contributed by atoms with van der Waals surface area (Å²) in [6, 6.07) is 3.65. The van der Waals surface area contributed by atoms with E-state index in [1.165, 1.54) is 6.33 Å². The molecule has 92 valence electrons. The molecule has 0 fully saturated rings. The molecule has 1 amide bonds. The lowest BCUT2D eigenvalue weighted by atomic mass is 10.2. The lowest BCUT2D eigenvalue weighted by Gasteiger charge is -2.07. The van der Waals surface area contributed by atoms with E-state index < -0.39 is 0 Å². The third kappa shape index (κ3) is 2.51. The van der Waals surface area contributed by atoms with Crippen LogP contribution >= 0.6 is 0 Å². The van der Waals surface area contributed by atoms with Crippen LogP contribution in [-0.2, 0) is 0 Å². The Labute approximate surface area is 105 Å². The number of amides is 1. The van der Waals surface area contributed by atoms with Crippen LogP contribution in [0.2, 0.25) is 0 Å². The van der Waals surface area contributed by atoms with E-state index in [0.29, 0.717) is 11.5 Å². The van der Waals surface area contributed by atoms with E-state index in [1.807, 2.05) is 26.8 Å². The number of aromatic nitrogens is 3. The SMILES string of the molecule is Cc1ccc(NC(=O)c2ncnc(C)c2C)nc1. The number of hydrogen-bond donors (Lipinski definition) is 1. The largest absolute Gasteiger partial charge is 0.305 e. The second kappa shape index (κ2) is 4.91. The third-order valence-electron chi connectivity index (χ3n) is 2.70. The van der Waals surface area contributed by atoms with Crippen molar-refractivity contribution in [2.75, 3.05) is 5.32 Å². The molecule has 5 nitrogen and oxygen atoms in total. The average molecular weight is 242 g/mol. The Morgan fingerprint density at radius 1 is 1.11 bits per heavy atom. The van der Waals surface area contributed by atoms with Crippen molar-refractivity contribution in [3.8, 4) is 0 Å². The number of hydrogen-bond acceptors (Lipinski definition) is 4. The highest BCUT2D eigenvalue weighted by atomic mass is 16.1. The van der Waals surface area contributed by atoms with Crippen LogP contribution in [0.4, 0.5) is 5.82 Å². The Morgan fingerprint density at radius 2 is 1.89 bits per heavy atom. The summed E-state index contributed by atoms with van der Waals surface area (Å²) >= 11 is 0. The van der Waals surface area contributed by atoms with Crippen LogP contribution in [0.25, 0.3) is 0 Å². The highest BCUT2D eigenvalue weighted by Crippen LogP contribution is 2.10. The fourth-order valence-corrected chi connectivity index (χ4v) is 1.48. The second-order valence-corrected chi connectivity index (χ2v) is 4.11. The van der Waals surface area contributed by atoms with Gasteiger partial charge in [0.25, 0.3) is 5.91 Å². The van der Waals surface area contributed by atoms with E-state index in [2.05, 4.69) is 20.3 Å². The summed E-state index contributed by atoms with van der Waals surface area (Å²) in [5.74, 6) is 0.246. The zero-order valence-corrected chi connectivity index (χ0v) is 10.6. The smallest absolute Gasteiger partial charge is 0.275 e. The summed E-state index contributed by atoms with van der Waals surface area (Å²) in [5, 5.41) is 2.71. The molecule has 5 heteroatoms. The van der Waals surface area contributed by atoms with Crippen LogP contribution in [0.1, 0.15) is 27.3 Å². The first-order valence-electron chi connectivity index (χ1n) is 5.60. The van der Waals surface area contributed by atoms with Crippen LogP contribution < -0.4 is 5.32 Å². The maximum atomic E-state index is 12.0. The molecule has 0 spiro atoms. The van der Waals surface area contributed by atoms with Gasteiger partial charge in [-0.2, -0.15) is 0 Å². The summed E-state index contributed by atoms with van der Waals surface area (Å²) in [5.41, 5.74) is 3.00. The molecule has 0 bridgehead atoms. The highest BCUT2D eigenvalue weighted by molar-refractivity contribution is 6.03. The predicted molar refractivity (Wildman–Crippen MR) is 68.4 cm³/mol. The van der Waals surface area contributed by atoms with E-state index in [4.69, 9.17) is 0 Å². The van der Waals surface area contributed by atoms with Gasteiger partial charge in [0.05, 0.1) is 0 Å². The minimum atomic E-state index is -0.269. The molecular weight excluding hydrogens is 228 g/mol. The first-order valence-corrected chi connectivity index (χ1v) is 5.60. The molecule has 0 aliphatic heterocycles. The first kappa shape index (κ1) is 12.2. The number of carbonyl (C=O) groups excluding carboxylic acids is 1. The molecule has 0 aliphatic carbocycles. The Morgan fingerprint density at radius 3 is 2.56 bits per heavy atom. The number of nitrogens with one attached hydrogen (secondary N) is 1. The van der Waals surface area contributed by atoms with Gasteiger partial charge in [-0.05, 0) is 32.4 Å². The zero-order valence-electron chi connectivity index (χ0n) is 10.6. The van der Waals surface area contributed by atoms with E-state index in [1.54, 1.807) is 12.3 Å². The molecule has 0 aliphatic rings. The summed E-state index contributed by atoms with van der Waals surface area (Å²) in [6.07, 6.45) is 3.09. The van der Waals surface area contributed by atoms with Gasteiger partial charge in [-0.1, -0.05) is 6.07 Å². The number of rotatable bonds is 2. The molecule has 1 N–H and O–H groups in total. The van der Waals surface area contributed by atoms with Crippen molar-refractivity contribution in [2.45, 2.75) is 20.8 Å². The van der Waals surface area contributed by atoms with Crippen LogP contribution in [0, 0.1) is 20.8 Å². The normalized spacial score (nSPS) is 10.2. The van der Waals surface area contributed by atoms with Crippen LogP contribution in [0.5, 0.6) is 0 Å². The van der Waals surface area contributed by atoms with Crippen molar-refractivity contribution >= 4 is 11.7 Å². The third-order valence-corrected chi connectivity index (χ3v) is 2.70. The number of aryl methyl sites for hydroxylation is 2.